The molecule has 7 heteroatoms. The smallest absolute Gasteiger partial charge is 0.289 e. The lowest BCUT2D eigenvalue weighted by Gasteiger charge is -2.13. The predicted octanol–water partition coefficient (Wildman–Crippen LogP) is 3.28. The summed E-state index contributed by atoms with van der Waals surface area (Å²) in [6.07, 6.45) is 2.68. The van der Waals surface area contributed by atoms with Crippen LogP contribution < -0.4 is 4.72 Å². The maximum atomic E-state index is 12.9. The van der Waals surface area contributed by atoms with Crippen molar-refractivity contribution >= 4 is 26.9 Å². The lowest BCUT2D eigenvalue weighted by molar-refractivity contribution is 0.0762. The van der Waals surface area contributed by atoms with Crippen LogP contribution in [0.1, 0.15) is 53.4 Å². The number of amides is 1. The molecule has 1 fully saturated rings. The van der Waals surface area contributed by atoms with Gasteiger partial charge in [0, 0.05) is 30.6 Å². The van der Waals surface area contributed by atoms with Crippen LogP contribution in [0, 0.1) is 20.8 Å². The van der Waals surface area contributed by atoms with E-state index in [2.05, 4.69) is 4.72 Å². The van der Waals surface area contributed by atoms with Gasteiger partial charge in [-0.3, -0.25) is 4.79 Å². The number of furan rings is 1. The zero-order valence-corrected chi connectivity index (χ0v) is 16.6. The Labute approximate surface area is 154 Å². The Morgan fingerprint density at radius 2 is 1.85 bits per heavy atom. The topological polar surface area (TPSA) is 79.6 Å². The Morgan fingerprint density at radius 1 is 1.19 bits per heavy atom. The van der Waals surface area contributed by atoms with E-state index in [0.29, 0.717) is 29.5 Å². The van der Waals surface area contributed by atoms with Crippen molar-refractivity contribution < 1.29 is 17.6 Å². The second-order valence-corrected chi connectivity index (χ2v) is 8.68. The lowest BCUT2D eigenvalue weighted by Crippen LogP contribution is -2.27. The zero-order chi connectivity index (χ0) is 19.1. The minimum atomic E-state index is -3.72. The van der Waals surface area contributed by atoms with E-state index in [1.54, 1.807) is 11.8 Å². The van der Waals surface area contributed by atoms with Gasteiger partial charge in [0.15, 0.2) is 11.3 Å². The van der Waals surface area contributed by atoms with Gasteiger partial charge in [0.1, 0.15) is 4.90 Å². The maximum absolute atomic E-state index is 12.9. The highest BCUT2D eigenvalue weighted by Gasteiger charge is 2.30. The van der Waals surface area contributed by atoms with Crippen LogP contribution in [-0.2, 0) is 10.0 Å². The fourth-order valence-corrected chi connectivity index (χ4v) is 5.02. The van der Waals surface area contributed by atoms with E-state index in [1.165, 1.54) is 0 Å². The summed E-state index contributed by atoms with van der Waals surface area (Å²) in [5.41, 5.74) is 2.48. The van der Waals surface area contributed by atoms with Gasteiger partial charge in [0.05, 0.1) is 0 Å². The quantitative estimate of drug-likeness (QED) is 0.866. The molecule has 142 valence electrons. The van der Waals surface area contributed by atoms with Gasteiger partial charge in [-0.05, 0) is 57.2 Å². The Bertz CT molecular complexity index is 954. The molecule has 6 nitrogen and oxygen atoms in total. The molecule has 0 bridgehead atoms. The van der Waals surface area contributed by atoms with Crippen molar-refractivity contribution in [2.45, 2.75) is 51.9 Å². The van der Waals surface area contributed by atoms with E-state index < -0.39 is 10.0 Å². The Balaban J connectivity index is 2.20. The molecule has 0 atom stereocenters. The molecule has 0 radical (unpaired) electrons. The molecule has 1 aliphatic rings. The molecule has 1 saturated heterocycles. The van der Waals surface area contributed by atoms with Crippen LogP contribution in [0.3, 0.4) is 0 Å². The first-order chi connectivity index (χ1) is 12.3. The third kappa shape index (κ3) is 3.14. The third-order valence-corrected chi connectivity index (χ3v) is 6.70. The number of likely N-dealkylation sites (tertiary alicyclic amines) is 1. The number of benzene rings is 1. The van der Waals surface area contributed by atoms with Crippen LogP contribution in [0.5, 0.6) is 0 Å². The van der Waals surface area contributed by atoms with Crippen molar-refractivity contribution in [3.63, 3.8) is 0 Å². The SMILES string of the molecule is CCCNS(=O)(=O)c1c(C)c(C)cc2c(C)c(C(=O)N3CCCC3)oc12. The summed E-state index contributed by atoms with van der Waals surface area (Å²) in [6, 6.07) is 1.91. The van der Waals surface area contributed by atoms with E-state index in [0.717, 1.165) is 31.5 Å². The van der Waals surface area contributed by atoms with E-state index >= 15 is 0 Å². The number of nitrogens with zero attached hydrogens (tertiary/aromatic N) is 1. The molecule has 26 heavy (non-hydrogen) atoms. The highest BCUT2D eigenvalue weighted by Crippen LogP contribution is 2.35. The summed E-state index contributed by atoms with van der Waals surface area (Å²) in [4.78, 5) is 14.7. The third-order valence-electron chi connectivity index (χ3n) is 5.09. The monoisotopic (exact) mass is 378 g/mol. The largest absolute Gasteiger partial charge is 0.449 e. The number of hydrogen-bond acceptors (Lipinski definition) is 4. The second kappa shape index (κ2) is 7.04. The van der Waals surface area contributed by atoms with Gasteiger partial charge in [-0.15, -0.1) is 0 Å². The number of aryl methyl sites for hydroxylation is 2. The zero-order valence-electron chi connectivity index (χ0n) is 15.8. The molecule has 1 aromatic carbocycles. The van der Waals surface area contributed by atoms with Gasteiger partial charge in [-0.25, -0.2) is 13.1 Å². The summed E-state index contributed by atoms with van der Waals surface area (Å²) in [7, 11) is -3.72. The molecule has 0 unspecified atom stereocenters. The van der Waals surface area contributed by atoms with Crippen LogP contribution in [0.2, 0.25) is 0 Å². The Kier molecular flexibility index (Phi) is 5.12. The van der Waals surface area contributed by atoms with Crippen molar-refractivity contribution in [1.29, 1.82) is 0 Å². The van der Waals surface area contributed by atoms with Gasteiger partial charge in [-0.2, -0.15) is 0 Å². The average Bonchev–Trinajstić information content (AvgIpc) is 3.23. The fourth-order valence-electron chi connectivity index (χ4n) is 3.44. The van der Waals surface area contributed by atoms with Crippen molar-refractivity contribution in [2.24, 2.45) is 0 Å². The maximum Gasteiger partial charge on any atom is 0.289 e. The van der Waals surface area contributed by atoms with Crippen LogP contribution in [0.25, 0.3) is 11.0 Å². The molecule has 1 aliphatic heterocycles. The van der Waals surface area contributed by atoms with Gasteiger partial charge in [-0.1, -0.05) is 6.92 Å². The lowest BCUT2D eigenvalue weighted by atomic mass is 10.0. The van der Waals surface area contributed by atoms with Gasteiger partial charge in [0.25, 0.3) is 5.91 Å². The summed E-state index contributed by atoms with van der Waals surface area (Å²) in [6.45, 7) is 9.17. The number of fused-ring (bicyclic) bond motifs is 1. The molecule has 2 aromatic rings. The molecule has 1 aromatic heterocycles. The van der Waals surface area contributed by atoms with Crippen molar-refractivity contribution in [2.75, 3.05) is 19.6 Å². The number of carbonyl (C=O) groups is 1. The van der Waals surface area contributed by atoms with Crippen LogP contribution in [0.15, 0.2) is 15.4 Å². The van der Waals surface area contributed by atoms with Gasteiger partial charge in [0.2, 0.25) is 10.0 Å². The summed E-state index contributed by atoms with van der Waals surface area (Å²) < 4.78 is 34.2. The van der Waals surface area contributed by atoms with E-state index in [1.807, 2.05) is 26.8 Å². The molecule has 3 rings (SSSR count). The van der Waals surface area contributed by atoms with E-state index in [-0.39, 0.29) is 22.1 Å². The average molecular weight is 378 g/mol. The molecular formula is C19H26N2O4S. The van der Waals surface area contributed by atoms with Crippen molar-refractivity contribution in [3.05, 3.63) is 28.5 Å². The summed E-state index contributed by atoms with van der Waals surface area (Å²) in [5, 5.41) is 0.688. The van der Waals surface area contributed by atoms with Crippen molar-refractivity contribution in [1.82, 2.24) is 9.62 Å². The molecule has 0 saturated carbocycles. The number of sulfonamides is 1. The van der Waals surface area contributed by atoms with Crippen molar-refractivity contribution in [3.8, 4) is 0 Å². The first kappa shape index (κ1) is 18.9. The predicted molar refractivity (Wildman–Crippen MR) is 101 cm³/mol. The van der Waals surface area contributed by atoms with Crippen LogP contribution in [0.4, 0.5) is 0 Å². The molecule has 2 heterocycles. The molecule has 1 amide bonds. The number of hydrogen-bond donors (Lipinski definition) is 1. The molecule has 1 N–H and O–H groups in total. The number of carbonyl (C=O) groups excluding carboxylic acids is 1. The van der Waals surface area contributed by atoms with Gasteiger partial charge < -0.3 is 9.32 Å². The molecular weight excluding hydrogens is 352 g/mol. The van der Waals surface area contributed by atoms with E-state index in [9.17, 15) is 13.2 Å². The standard InChI is InChI=1S/C19H26N2O4S/c1-5-8-20-26(23,24)18-13(3)12(2)11-15-14(4)16(25-17(15)18)19(22)21-9-6-7-10-21/h11,20H,5-10H2,1-4H3. The normalized spacial score (nSPS) is 15.2. The molecule has 0 aliphatic carbocycles. The first-order valence-corrected chi connectivity index (χ1v) is 10.6. The van der Waals surface area contributed by atoms with Crippen LogP contribution in [-0.4, -0.2) is 38.9 Å². The minimum absolute atomic E-state index is 0.143. The molecule has 0 spiro atoms. The highest BCUT2D eigenvalue weighted by atomic mass is 32.2. The number of rotatable bonds is 5. The Hall–Kier alpha value is -1.86. The van der Waals surface area contributed by atoms with E-state index in [4.69, 9.17) is 4.42 Å². The minimum Gasteiger partial charge on any atom is -0.449 e. The fraction of sp³-hybridized carbons (Fsp3) is 0.526. The summed E-state index contributed by atoms with van der Waals surface area (Å²) >= 11 is 0. The second-order valence-electron chi connectivity index (χ2n) is 6.98. The summed E-state index contributed by atoms with van der Waals surface area (Å²) in [5.74, 6) is 0.0928. The van der Waals surface area contributed by atoms with Crippen LogP contribution >= 0.6 is 0 Å². The highest BCUT2D eigenvalue weighted by molar-refractivity contribution is 7.89. The Morgan fingerprint density at radius 3 is 2.46 bits per heavy atom. The first-order valence-electron chi connectivity index (χ1n) is 9.10. The number of nitrogens with one attached hydrogen (secondary N) is 1. The van der Waals surface area contributed by atoms with Gasteiger partial charge >= 0.3 is 0 Å².